The molecular formula is C10H14ClN3O. The average molecular weight is 228 g/mol. The molecule has 2 rings (SSSR count). The Balaban J connectivity index is 2.02. The van der Waals surface area contributed by atoms with Crippen LogP contribution >= 0.6 is 11.6 Å². The van der Waals surface area contributed by atoms with Crippen molar-refractivity contribution in [2.75, 3.05) is 18.5 Å². The van der Waals surface area contributed by atoms with Crippen LogP contribution in [0.1, 0.15) is 18.4 Å². The number of hydrogen-bond donors (Lipinski definition) is 2. The second kappa shape index (κ2) is 3.94. The van der Waals surface area contributed by atoms with Crippen molar-refractivity contribution in [1.29, 1.82) is 0 Å². The van der Waals surface area contributed by atoms with E-state index in [9.17, 15) is 0 Å². The normalized spacial score (nSPS) is 17.5. The molecule has 0 saturated heterocycles. The summed E-state index contributed by atoms with van der Waals surface area (Å²) >= 11 is 5.87. The van der Waals surface area contributed by atoms with Crippen LogP contribution in [0, 0.1) is 12.3 Å². The third-order valence-corrected chi connectivity index (χ3v) is 3.33. The van der Waals surface area contributed by atoms with Crippen LogP contribution in [0.25, 0.3) is 0 Å². The highest BCUT2D eigenvalue weighted by Crippen LogP contribution is 2.44. The maximum absolute atomic E-state index is 9.16. The van der Waals surface area contributed by atoms with Crippen LogP contribution in [0.4, 0.5) is 5.82 Å². The van der Waals surface area contributed by atoms with Crippen LogP contribution in [0.15, 0.2) is 6.33 Å². The SMILES string of the molecule is Cc1c(Cl)ncnc1NCC1(CO)CC1. The minimum absolute atomic E-state index is 0.0733. The molecule has 0 unspecified atom stereocenters. The summed E-state index contributed by atoms with van der Waals surface area (Å²) in [5.41, 5.74) is 0.928. The zero-order valence-corrected chi connectivity index (χ0v) is 9.38. The Hall–Kier alpha value is -0.870. The van der Waals surface area contributed by atoms with Gasteiger partial charge in [0.2, 0.25) is 0 Å². The lowest BCUT2D eigenvalue weighted by molar-refractivity contribution is 0.219. The van der Waals surface area contributed by atoms with E-state index in [0.717, 1.165) is 30.8 Å². The van der Waals surface area contributed by atoms with Crippen LogP contribution in [0.3, 0.4) is 0 Å². The molecule has 1 aromatic rings. The number of anilines is 1. The van der Waals surface area contributed by atoms with Gasteiger partial charge in [-0.25, -0.2) is 9.97 Å². The van der Waals surface area contributed by atoms with Crippen LogP contribution in [-0.2, 0) is 0 Å². The van der Waals surface area contributed by atoms with Gasteiger partial charge in [0.05, 0.1) is 6.61 Å². The summed E-state index contributed by atoms with van der Waals surface area (Å²) in [5.74, 6) is 0.759. The molecular weight excluding hydrogens is 214 g/mol. The first kappa shape index (κ1) is 10.6. The van der Waals surface area contributed by atoms with Gasteiger partial charge in [0.1, 0.15) is 17.3 Å². The van der Waals surface area contributed by atoms with Gasteiger partial charge in [0.25, 0.3) is 0 Å². The molecule has 0 aromatic carbocycles. The predicted octanol–water partition coefficient (Wildman–Crippen LogP) is 1.62. The van der Waals surface area contributed by atoms with Crippen molar-refractivity contribution in [3.63, 3.8) is 0 Å². The highest BCUT2D eigenvalue weighted by Gasteiger charge is 2.41. The maximum Gasteiger partial charge on any atom is 0.137 e. The van der Waals surface area contributed by atoms with E-state index >= 15 is 0 Å². The van der Waals surface area contributed by atoms with E-state index < -0.39 is 0 Å². The molecule has 0 radical (unpaired) electrons. The van der Waals surface area contributed by atoms with Crippen LogP contribution in [0.5, 0.6) is 0 Å². The molecule has 0 spiro atoms. The summed E-state index contributed by atoms with van der Waals surface area (Å²) in [5, 5.41) is 12.8. The molecule has 0 atom stereocenters. The fourth-order valence-electron chi connectivity index (χ4n) is 1.45. The second-order valence-corrected chi connectivity index (χ2v) is 4.51. The molecule has 1 fully saturated rings. The van der Waals surface area contributed by atoms with Gasteiger partial charge in [-0.3, -0.25) is 0 Å². The molecule has 4 nitrogen and oxygen atoms in total. The molecule has 2 N–H and O–H groups in total. The van der Waals surface area contributed by atoms with Gasteiger partial charge in [0.15, 0.2) is 0 Å². The molecule has 1 aliphatic rings. The van der Waals surface area contributed by atoms with Crippen molar-refractivity contribution < 1.29 is 5.11 Å². The zero-order chi connectivity index (χ0) is 10.9. The largest absolute Gasteiger partial charge is 0.396 e. The van der Waals surface area contributed by atoms with E-state index in [4.69, 9.17) is 16.7 Å². The Bertz CT molecular complexity index is 366. The Labute approximate surface area is 93.7 Å². The summed E-state index contributed by atoms with van der Waals surface area (Å²) in [6.07, 6.45) is 3.60. The van der Waals surface area contributed by atoms with Crippen LogP contribution < -0.4 is 5.32 Å². The smallest absolute Gasteiger partial charge is 0.137 e. The number of nitrogens with zero attached hydrogens (tertiary/aromatic N) is 2. The topological polar surface area (TPSA) is 58.0 Å². The summed E-state index contributed by atoms with van der Waals surface area (Å²) in [6.45, 7) is 2.86. The number of hydrogen-bond acceptors (Lipinski definition) is 4. The Kier molecular flexibility index (Phi) is 2.80. The van der Waals surface area contributed by atoms with Gasteiger partial charge in [-0.05, 0) is 19.8 Å². The van der Waals surface area contributed by atoms with Gasteiger partial charge in [-0.2, -0.15) is 0 Å². The highest BCUT2D eigenvalue weighted by molar-refractivity contribution is 6.30. The molecule has 0 amide bonds. The van der Waals surface area contributed by atoms with Crippen molar-refractivity contribution in [3.8, 4) is 0 Å². The monoisotopic (exact) mass is 227 g/mol. The maximum atomic E-state index is 9.16. The van der Waals surface area contributed by atoms with Crippen LogP contribution in [0.2, 0.25) is 5.15 Å². The van der Waals surface area contributed by atoms with E-state index in [2.05, 4.69) is 15.3 Å². The fourth-order valence-corrected chi connectivity index (χ4v) is 1.58. The Morgan fingerprint density at radius 1 is 1.53 bits per heavy atom. The number of rotatable bonds is 4. The second-order valence-electron chi connectivity index (χ2n) is 4.15. The van der Waals surface area contributed by atoms with Gasteiger partial charge >= 0.3 is 0 Å². The van der Waals surface area contributed by atoms with Gasteiger partial charge < -0.3 is 10.4 Å². The van der Waals surface area contributed by atoms with Gasteiger partial charge in [-0.1, -0.05) is 11.6 Å². The van der Waals surface area contributed by atoms with Crippen molar-refractivity contribution in [3.05, 3.63) is 17.0 Å². The fraction of sp³-hybridized carbons (Fsp3) is 0.600. The van der Waals surface area contributed by atoms with E-state index in [0.29, 0.717) is 5.15 Å². The number of halogens is 1. The summed E-state index contributed by atoms with van der Waals surface area (Å²) in [4.78, 5) is 8.00. The van der Waals surface area contributed by atoms with Crippen LogP contribution in [-0.4, -0.2) is 28.2 Å². The van der Waals surface area contributed by atoms with Crippen molar-refractivity contribution in [2.24, 2.45) is 5.41 Å². The van der Waals surface area contributed by atoms with E-state index in [1.165, 1.54) is 6.33 Å². The lowest BCUT2D eigenvalue weighted by atomic mass is 10.1. The minimum Gasteiger partial charge on any atom is -0.396 e. The highest BCUT2D eigenvalue weighted by atomic mass is 35.5. The Morgan fingerprint density at radius 3 is 2.87 bits per heavy atom. The predicted molar refractivity (Wildman–Crippen MR) is 59.0 cm³/mol. The molecule has 0 bridgehead atoms. The first-order chi connectivity index (χ1) is 7.17. The summed E-state index contributed by atoms with van der Waals surface area (Å²) in [6, 6.07) is 0. The third-order valence-electron chi connectivity index (χ3n) is 2.95. The lowest BCUT2D eigenvalue weighted by Crippen LogP contribution is -2.20. The Morgan fingerprint density at radius 2 is 2.27 bits per heavy atom. The quantitative estimate of drug-likeness (QED) is 0.768. The molecule has 15 heavy (non-hydrogen) atoms. The number of aliphatic hydroxyl groups excluding tert-OH is 1. The number of aliphatic hydroxyl groups is 1. The third kappa shape index (κ3) is 2.21. The number of aromatic nitrogens is 2. The standard InChI is InChI=1S/C10H14ClN3O/c1-7-8(11)13-6-14-9(7)12-4-10(5-15)2-3-10/h6,15H,2-5H2,1H3,(H,12,13,14). The molecule has 0 aliphatic heterocycles. The van der Waals surface area contributed by atoms with E-state index in [-0.39, 0.29) is 12.0 Å². The first-order valence-electron chi connectivity index (χ1n) is 4.99. The molecule has 1 aliphatic carbocycles. The molecule has 82 valence electrons. The summed E-state index contributed by atoms with van der Waals surface area (Å²) < 4.78 is 0. The minimum atomic E-state index is 0.0733. The van der Waals surface area contributed by atoms with Crippen molar-refractivity contribution in [2.45, 2.75) is 19.8 Å². The molecule has 1 heterocycles. The van der Waals surface area contributed by atoms with Gasteiger partial charge in [-0.15, -0.1) is 0 Å². The van der Waals surface area contributed by atoms with E-state index in [1.807, 2.05) is 6.92 Å². The summed E-state index contributed by atoms with van der Waals surface area (Å²) in [7, 11) is 0. The lowest BCUT2D eigenvalue weighted by Gasteiger charge is -2.14. The van der Waals surface area contributed by atoms with Crippen molar-refractivity contribution >= 4 is 17.4 Å². The zero-order valence-electron chi connectivity index (χ0n) is 8.63. The van der Waals surface area contributed by atoms with Crippen molar-refractivity contribution in [1.82, 2.24) is 9.97 Å². The molecule has 1 saturated carbocycles. The molecule has 5 heteroatoms. The molecule has 1 aromatic heterocycles. The van der Waals surface area contributed by atoms with Gasteiger partial charge in [0, 0.05) is 17.5 Å². The average Bonchev–Trinajstić information content (AvgIpc) is 3.01. The number of nitrogens with one attached hydrogen (secondary N) is 1. The first-order valence-corrected chi connectivity index (χ1v) is 5.36. The van der Waals surface area contributed by atoms with E-state index in [1.54, 1.807) is 0 Å².